The van der Waals surface area contributed by atoms with Crippen molar-refractivity contribution in [2.24, 2.45) is 0 Å². The maximum Gasteiger partial charge on any atom is 0.0279 e. The monoisotopic (exact) mass is 412 g/mol. The van der Waals surface area contributed by atoms with E-state index in [1.54, 1.807) is 0 Å². The largest absolute Gasteiger partial charge is 0.0881 e. The summed E-state index contributed by atoms with van der Waals surface area (Å²) < 4.78 is 0. The van der Waals surface area contributed by atoms with E-state index in [-0.39, 0.29) is 0 Å². The number of fused-ring (bicyclic) bond motifs is 3. The summed E-state index contributed by atoms with van der Waals surface area (Å²) >= 11 is 1.88. The molecule has 1 heteroatoms. The molecule has 0 N–H and O–H groups in total. The highest BCUT2D eigenvalue weighted by atomic mass is 32.2. The fraction of sp³-hybridized carbons (Fsp3) is 0. The summed E-state index contributed by atoms with van der Waals surface area (Å²) in [5.41, 5.74) is 2.57. The number of benzene rings is 6. The van der Waals surface area contributed by atoms with Crippen LogP contribution in [0.3, 0.4) is 0 Å². The zero-order valence-electron chi connectivity index (χ0n) is 17.0. The maximum absolute atomic E-state index is 2.27. The highest BCUT2D eigenvalue weighted by Crippen LogP contribution is 2.46. The van der Waals surface area contributed by atoms with E-state index in [4.69, 9.17) is 0 Å². The average Bonchev–Trinajstić information content (AvgIpc) is 2.85. The van der Waals surface area contributed by atoms with Crippen LogP contribution in [0, 0.1) is 0 Å². The third-order valence-corrected chi connectivity index (χ3v) is 7.13. The Balaban J connectivity index is 1.69. The summed E-state index contributed by atoms with van der Waals surface area (Å²) in [6.45, 7) is 0. The van der Waals surface area contributed by atoms with E-state index in [1.165, 1.54) is 53.2 Å². The number of rotatable bonds is 3. The Morgan fingerprint density at radius 2 is 0.903 bits per heavy atom. The third kappa shape index (κ3) is 3.10. The van der Waals surface area contributed by atoms with Crippen molar-refractivity contribution in [3.8, 4) is 11.1 Å². The van der Waals surface area contributed by atoms with Gasteiger partial charge < -0.3 is 0 Å². The van der Waals surface area contributed by atoms with Crippen molar-refractivity contribution in [2.45, 2.75) is 9.79 Å². The highest BCUT2D eigenvalue weighted by Gasteiger charge is 2.16. The summed E-state index contributed by atoms with van der Waals surface area (Å²) in [5, 5.41) is 7.79. The van der Waals surface area contributed by atoms with Gasteiger partial charge in [-0.2, -0.15) is 0 Å². The minimum Gasteiger partial charge on any atom is -0.0881 e. The van der Waals surface area contributed by atoms with Crippen LogP contribution < -0.4 is 0 Å². The lowest BCUT2D eigenvalue weighted by Gasteiger charge is -2.17. The second-order valence-corrected chi connectivity index (χ2v) is 8.79. The van der Waals surface area contributed by atoms with Gasteiger partial charge in [-0.3, -0.25) is 0 Å². The molecule has 146 valence electrons. The molecule has 6 aromatic rings. The summed E-state index contributed by atoms with van der Waals surface area (Å²) in [7, 11) is 0. The van der Waals surface area contributed by atoms with E-state index in [2.05, 4.69) is 121 Å². The Morgan fingerprint density at radius 1 is 0.387 bits per heavy atom. The number of hydrogen-bond donors (Lipinski definition) is 0. The molecule has 0 unspecified atom stereocenters. The molecule has 0 spiro atoms. The van der Waals surface area contributed by atoms with Crippen LogP contribution in [-0.4, -0.2) is 0 Å². The standard InChI is InChI=1S/C30H20S/c1-2-12-22(13-3-1)29-24-16-6-8-18-26(24)30(27-19-9-7-17-25(27)29)31-28-20-10-14-21-11-4-5-15-23(21)28/h1-20H. The van der Waals surface area contributed by atoms with Gasteiger partial charge in [-0.05, 0) is 49.5 Å². The molecule has 0 aliphatic rings. The zero-order valence-corrected chi connectivity index (χ0v) is 17.8. The van der Waals surface area contributed by atoms with Gasteiger partial charge in [-0.15, -0.1) is 0 Å². The Hall–Kier alpha value is -3.55. The summed E-state index contributed by atoms with van der Waals surface area (Å²) in [6.07, 6.45) is 0. The first-order valence-corrected chi connectivity index (χ1v) is 11.4. The molecule has 0 aliphatic heterocycles. The minimum atomic E-state index is 1.26. The van der Waals surface area contributed by atoms with Crippen LogP contribution in [0.25, 0.3) is 43.4 Å². The van der Waals surface area contributed by atoms with Crippen molar-refractivity contribution in [2.75, 3.05) is 0 Å². The fourth-order valence-electron chi connectivity index (χ4n) is 4.51. The van der Waals surface area contributed by atoms with Gasteiger partial charge in [0.15, 0.2) is 0 Å². The van der Waals surface area contributed by atoms with E-state index < -0.39 is 0 Å². The predicted octanol–water partition coefficient (Wildman–Crippen LogP) is 8.96. The second kappa shape index (κ2) is 7.61. The van der Waals surface area contributed by atoms with Crippen LogP contribution in [0.2, 0.25) is 0 Å². The molecule has 0 nitrogen and oxygen atoms in total. The zero-order chi connectivity index (χ0) is 20.6. The Bertz CT molecular complexity index is 1490. The van der Waals surface area contributed by atoms with E-state index in [9.17, 15) is 0 Å². The molecule has 0 heterocycles. The maximum atomic E-state index is 2.27. The molecule has 0 bridgehead atoms. The smallest absolute Gasteiger partial charge is 0.0279 e. The summed E-state index contributed by atoms with van der Waals surface area (Å²) in [5.74, 6) is 0. The molecule has 0 atom stereocenters. The second-order valence-electron chi connectivity index (χ2n) is 7.74. The van der Waals surface area contributed by atoms with Gasteiger partial charge in [-0.25, -0.2) is 0 Å². The molecule has 6 aromatic carbocycles. The van der Waals surface area contributed by atoms with Crippen LogP contribution in [0.4, 0.5) is 0 Å². The minimum absolute atomic E-state index is 1.26. The van der Waals surface area contributed by atoms with Crippen LogP contribution >= 0.6 is 11.8 Å². The van der Waals surface area contributed by atoms with Gasteiger partial charge >= 0.3 is 0 Å². The van der Waals surface area contributed by atoms with E-state index in [1.807, 2.05) is 11.8 Å². The quantitative estimate of drug-likeness (QED) is 0.261. The number of hydrogen-bond acceptors (Lipinski definition) is 1. The topological polar surface area (TPSA) is 0 Å². The lowest BCUT2D eigenvalue weighted by molar-refractivity contribution is 1.52. The first-order valence-electron chi connectivity index (χ1n) is 10.5. The third-order valence-electron chi connectivity index (χ3n) is 5.91. The average molecular weight is 413 g/mol. The first kappa shape index (κ1) is 18.2. The van der Waals surface area contributed by atoms with Gasteiger partial charge in [0, 0.05) is 9.79 Å². The molecule has 0 saturated carbocycles. The Morgan fingerprint density at radius 3 is 1.58 bits per heavy atom. The molecule has 0 aromatic heterocycles. The molecule has 31 heavy (non-hydrogen) atoms. The summed E-state index contributed by atoms with van der Waals surface area (Å²) in [4.78, 5) is 2.61. The van der Waals surface area contributed by atoms with Gasteiger partial charge in [0.25, 0.3) is 0 Å². The molecule has 0 radical (unpaired) electrons. The highest BCUT2D eigenvalue weighted by molar-refractivity contribution is 8.00. The van der Waals surface area contributed by atoms with Crippen LogP contribution in [-0.2, 0) is 0 Å². The van der Waals surface area contributed by atoms with Crippen molar-refractivity contribution in [1.29, 1.82) is 0 Å². The molecule has 0 fully saturated rings. The van der Waals surface area contributed by atoms with Crippen LogP contribution in [0.1, 0.15) is 0 Å². The normalized spacial score (nSPS) is 11.4. The first-order chi connectivity index (χ1) is 15.4. The molecule has 0 aliphatic carbocycles. The van der Waals surface area contributed by atoms with Crippen molar-refractivity contribution in [1.82, 2.24) is 0 Å². The van der Waals surface area contributed by atoms with Crippen molar-refractivity contribution < 1.29 is 0 Å². The molecule has 6 rings (SSSR count). The van der Waals surface area contributed by atoms with Gasteiger partial charge in [-0.1, -0.05) is 127 Å². The summed E-state index contributed by atoms with van der Waals surface area (Å²) in [6, 6.07) is 43.6. The molecule has 0 amide bonds. The van der Waals surface area contributed by atoms with E-state index in [0.29, 0.717) is 0 Å². The lowest BCUT2D eigenvalue weighted by atomic mass is 9.92. The lowest BCUT2D eigenvalue weighted by Crippen LogP contribution is -1.89. The predicted molar refractivity (Wildman–Crippen MR) is 135 cm³/mol. The molecular weight excluding hydrogens is 392 g/mol. The van der Waals surface area contributed by atoms with Crippen molar-refractivity contribution >= 4 is 44.1 Å². The molecule has 0 saturated heterocycles. The van der Waals surface area contributed by atoms with Gasteiger partial charge in [0.05, 0.1) is 0 Å². The SMILES string of the molecule is c1ccc(-c2c3ccccc3c(Sc3cccc4ccccc34)c3ccccc23)cc1. The molecular formula is C30H20S. The Labute approximate surface area is 186 Å². The van der Waals surface area contributed by atoms with Crippen LogP contribution in [0.5, 0.6) is 0 Å². The van der Waals surface area contributed by atoms with Gasteiger partial charge in [0.2, 0.25) is 0 Å². The van der Waals surface area contributed by atoms with Crippen LogP contribution in [0.15, 0.2) is 131 Å². The Kier molecular flexibility index (Phi) is 4.48. The van der Waals surface area contributed by atoms with E-state index >= 15 is 0 Å². The van der Waals surface area contributed by atoms with Gasteiger partial charge in [0.1, 0.15) is 0 Å². The van der Waals surface area contributed by atoms with Crippen molar-refractivity contribution in [3.05, 3.63) is 121 Å². The van der Waals surface area contributed by atoms with Crippen molar-refractivity contribution in [3.63, 3.8) is 0 Å². The van der Waals surface area contributed by atoms with E-state index in [0.717, 1.165) is 0 Å². The fourth-order valence-corrected chi connectivity index (χ4v) is 5.75.